The van der Waals surface area contributed by atoms with Crippen molar-refractivity contribution in [1.29, 1.82) is 0 Å². The quantitative estimate of drug-likeness (QED) is 0.645. The van der Waals surface area contributed by atoms with Gasteiger partial charge in [-0.1, -0.05) is 37.6 Å². The van der Waals surface area contributed by atoms with E-state index in [0.717, 1.165) is 32.4 Å². The monoisotopic (exact) mass is 235 g/mol. The van der Waals surface area contributed by atoms with E-state index in [1.165, 1.54) is 12.8 Å². The van der Waals surface area contributed by atoms with Crippen molar-refractivity contribution in [3.63, 3.8) is 0 Å². The minimum atomic E-state index is 0.187. The first-order chi connectivity index (χ1) is 8.24. The lowest BCUT2D eigenvalue weighted by Crippen LogP contribution is -2.29. The van der Waals surface area contributed by atoms with E-state index in [9.17, 15) is 4.79 Å². The predicted molar refractivity (Wildman–Crippen MR) is 72.8 cm³/mol. The van der Waals surface area contributed by atoms with E-state index in [0.29, 0.717) is 5.92 Å². The van der Waals surface area contributed by atoms with Crippen molar-refractivity contribution in [2.24, 2.45) is 5.92 Å². The molecule has 0 heterocycles. The van der Waals surface area contributed by atoms with Gasteiger partial charge in [0.1, 0.15) is 0 Å². The summed E-state index contributed by atoms with van der Waals surface area (Å²) in [5, 5.41) is 0. The number of carbonyl (C=O) groups excluding carboxylic acids is 1. The van der Waals surface area contributed by atoms with Crippen LogP contribution in [0.25, 0.3) is 0 Å². The lowest BCUT2D eigenvalue weighted by Gasteiger charge is -2.19. The number of carbonyl (C=O) groups is 1. The molecular weight excluding hydrogens is 210 g/mol. The Balaban J connectivity index is 2.31. The van der Waals surface area contributed by atoms with Gasteiger partial charge in [-0.25, -0.2) is 0 Å². The number of hydrogen-bond donors (Lipinski definition) is 0. The summed E-state index contributed by atoms with van der Waals surface area (Å²) in [6.45, 7) is 5.48. The van der Waals surface area contributed by atoms with Crippen LogP contribution in [0.15, 0.2) is 24.3 Å². The molecule has 0 saturated heterocycles. The molecule has 1 atom stereocenters. The zero-order valence-electron chi connectivity index (χ0n) is 11.2. The van der Waals surface area contributed by atoms with E-state index in [1.807, 2.05) is 4.90 Å². The first kappa shape index (κ1) is 14.0. The van der Waals surface area contributed by atoms with Crippen molar-refractivity contribution in [2.45, 2.75) is 46.0 Å². The van der Waals surface area contributed by atoms with Gasteiger partial charge < -0.3 is 4.90 Å². The lowest BCUT2D eigenvalue weighted by molar-refractivity contribution is -0.128. The van der Waals surface area contributed by atoms with E-state index in [-0.39, 0.29) is 5.91 Å². The first-order valence-corrected chi connectivity index (χ1v) is 6.81. The summed E-state index contributed by atoms with van der Waals surface area (Å²) >= 11 is 0. The maximum absolute atomic E-state index is 11.4. The molecule has 0 aromatic heterocycles. The number of unbranched alkanes of at least 4 members (excludes halogenated alkanes) is 1. The molecule has 1 unspecified atom stereocenters. The molecule has 0 bridgehead atoms. The van der Waals surface area contributed by atoms with Gasteiger partial charge in [-0.05, 0) is 31.6 Å². The molecule has 0 aromatic carbocycles. The Bertz CT molecular complexity index is 281. The number of rotatable bonds is 6. The molecule has 2 nitrogen and oxygen atoms in total. The minimum absolute atomic E-state index is 0.187. The first-order valence-electron chi connectivity index (χ1n) is 6.81. The van der Waals surface area contributed by atoms with Gasteiger partial charge in [-0.15, -0.1) is 0 Å². The van der Waals surface area contributed by atoms with Crippen molar-refractivity contribution >= 4 is 5.91 Å². The molecule has 17 heavy (non-hydrogen) atoms. The third kappa shape index (κ3) is 5.71. The minimum Gasteiger partial charge on any atom is -0.339 e. The van der Waals surface area contributed by atoms with Gasteiger partial charge in [0.15, 0.2) is 0 Å². The third-order valence-electron chi connectivity index (χ3n) is 3.27. The summed E-state index contributed by atoms with van der Waals surface area (Å²) in [4.78, 5) is 13.3. The predicted octanol–water partition coefficient (Wildman–Crippen LogP) is 3.55. The fraction of sp³-hybridized carbons (Fsp3) is 0.667. The van der Waals surface area contributed by atoms with Crippen LogP contribution in [-0.2, 0) is 4.79 Å². The Hall–Kier alpha value is -1.05. The van der Waals surface area contributed by atoms with Crippen molar-refractivity contribution < 1.29 is 4.79 Å². The maximum Gasteiger partial charge on any atom is 0.219 e. The lowest BCUT2D eigenvalue weighted by atomic mass is 9.94. The molecule has 1 rings (SSSR count). The number of nitrogens with zero attached hydrogens (tertiary/aromatic N) is 1. The van der Waals surface area contributed by atoms with Crippen LogP contribution in [0, 0.1) is 5.92 Å². The van der Waals surface area contributed by atoms with Gasteiger partial charge in [0.05, 0.1) is 0 Å². The molecule has 0 fully saturated rings. The van der Waals surface area contributed by atoms with Crippen LogP contribution in [0.1, 0.15) is 46.0 Å². The highest BCUT2D eigenvalue weighted by molar-refractivity contribution is 5.73. The zero-order valence-corrected chi connectivity index (χ0v) is 11.2. The summed E-state index contributed by atoms with van der Waals surface area (Å²) in [7, 11) is 0. The van der Waals surface area contributed by atoms with Crippen molar-refractivity contribution in [2.75, 3.05) is 13.1 Å². The molecule has 2 heteroatoms. The van der Waals surface area contributed by atoms with Crippen molar-refractivity contribution in [1.82, 2.24) is 4.90 Å². The molecule has 0 radical (unpaired) electrons. The van der Waals surface area contributed by atoms with Gasteiger partial charge in [-0.2, -0.15) is 0 Å². The highest BCUT2D eigenvalue weighted by Gasteiger charge is 2.07. The van der Waals surface area contributed by atoms with Crippen molar-refractivity contribution in [3.05, 3.63) is 24.3 Å². The average molecular weight is 235 g/mol. The van der Waals surface area contributed by atoms with E-state index in [1.54, 1.807) is 6.92 Å². The summed E-state index contributed by atoms with van der Waals surface area (Å²) in [6.07, 6.45) is 14.8. The molecule has 0 saturated carbocycles. The average Bonchev–Trinajstić information content (AvgIpc) is 2.34. The summed E-state index contributed by atoms with van der Waals surface area (Å²) in [5.41, 5.74) is 0. The Morgan fingerprint density at radius 3 is 2.88 bits per heavy atom. The molecular formula is C15H25NO. The summed E-state index contributed by atoms with van der Waals surface area (Å²) in [6, 6.07) is 0. The van der Waals surface area contributed by atoms with Crippen LogP contribution in [-0.4, -0.2) is 23.9 Å². The van der Waals surface area contributed by atoms with Gasteiger partial charge in [0, 0.05) is 20.0 Å². The summed E-state index contributed by atoms with van der Waals surface area (Å²) < 4.78 is 0. The van der Waals surface area contributed by atoms with Crippen LogP contribution in [0.4, 0.5) is 0 Å². The van der Waals surface area contributed by atoms with E-state index < -0.39 is 0 Å². The van der Waals surface area contributed by atoms with Crippen LogP contribution in [0.3, 0.4) is 0 Å². The third-order valence-corrected chi connectivity index (χ3v) is 3.27. The smallest absolute Gasteiger partial charge is 0.219 e. The molecule has 1 aliphatic carbocycles. The van der Waals surface area contributed by atoms with Gasteiger partial charge >= 0.3 is 0 Å². The van der Waals surface area contributed by atoms with Crippen LogP contribution < -0.4 is 0 Å². The fourth-order valence-electron chi connectivity index (χ4n) is 2.10. The normalized spacial score (nSPS) is 19.8. The topological polar surface area (TPSA) is 20.3 Å². The molecule has 0 N–H and O–H groups in total. The Kier molecular flexibility index (Phi) is 6.68. The van der Waals surface area contributed by atoms with E-state index >= 15 is 0 Å². The van der Waals surface area contributed by atoms with Crippen LogP contribution in [0.5, 0.6) is 0 Å². The maximum atomic E-state index is 11.4. The van der Waals surface area contributed by atoms with Crippen LogP contribution >= 0.6 is 0 Å². The highest BCUT2D eigenvalue weighted by Crippen LogP contribution is 2.19. The molecule has 96 valence electrons. The second-order valence-corrected chi connectivity index (χ2v) is 4.79. The Labute approximate surface area is 105 Å². The highest BCUT2D eigenvalue weighted by atomic mass is 16.2. The Morgan fingerprint density at radius 2 is 2.29 bits per heavy atom. The second-order valence-electron chi connectivity index (χ2n) is 4.79. The molecule has 1 aliphatic rings. The van der Waals surface area contributed by atoms with Crippen LogP contribution in [0.2, 0.25) is 0 Å². The molecule has 0 aromatic rings. The second kappa shape index (κ2) is 8.10. The largest absolute Gasteiger partial charge is 0.339 e. The standard InChI is InChI=1S/C15H25NO/c1-3-4-12-16(14(2)17)13-8-11-15-9-6-5-7-10-15/h5-6,8,11,15H,3-4,7,9-10,12-13H2,1-2H3/b11-8+. The van der Waals surface area contributed by atoms with E-state index in [2.05, 4.69) is 31.2 Å². The van der Waals surface area contributed by atoms with Gasteiger partial charge in [-0.3, -0.25) is 4.79 Å². The number of amides is 1. The SMILES string of the molecule is CCCCN(C/C=C/C1CC=CCC1)C(C)=O. The van der Waals surface area contributed by atoms with Crippen molar-refractivity contribution in [3.8, 4) is 0 Å². The zero-order chi connectivity index (χ0) is 12.5. The summed E-state index contributed by atoms with van der Waals surface area (Å²) in [5.74, 6) is 0.867. The Morgan fingerprint density at radius 1 is 1.47 bits per heavy atom. The van der Waals surface area contributed by atoms with E-state index in [4.69, 9.17) is 0 Å². The number of hydrogen-bond acceptors (Lipinski definition) is 1. The van der Waals surface area contributed by atoms with Gasteiger partial charge in [0.2, 0.25) is 5.91 Å². The molecule has 0 aliphatic heterocycles. The van der Waals surface area contributed by atoms with Gasteiger partial charge in [0.25, 0.3) is 0 Å². The number of allylic oxidation sites excluding steroid dienone is 3. The fourth-order valence-corrected chi connectivity index (χ4v) is 2.10. The molecule has 1 amide bonds. The molecule has 0 spiro atoms.